The number of hydrogen-bond acceptors (Lipinski definition) is 3. The first-order valence-electron chi connectivity index (χ1n) is 6.02. The second kappa shape index (κ2) is 5.38. The molecule has 1 N–H and O–H groups in total. The van der Waals surface area contributed by atoms with E-state index in [0.717, 1.165) is 10.9 Å². The molecule has 0 bridgehead atoms. The molecule has 5 heteroatoms. The van der Waals surface area contributed by atoms with Crippen molar-refractivity contribution in [3.63, 3.8) is 0 Å². The molecule has 0 aliphatic heterocycles. The molecule has 1 amide bonds. The maximum Gasteiger partial charge on any atom is 0.257 e. The van der Waals surface area contributed by atoms with Gasteiger partial charge in [-0.2, -0.15) is 0 Å². The second-order valence-corrected chi connectivity index (χ2v) is 4.99. The molecule has 0 aliphatic carbocycles. The van der Waals surface area contributed by atoms with Gasteiger partial charge in [0.15, 0.2) is 0 Å². The number of fused-ring (bicyclic) bond motifs is 1. The van der Waals surface area contributed by atoms with Crippen molar-refractivity contribution in [1.29, 1.82) is 0 Å². The molecule has 3 rings (SSSR count). The molecule has 4 nitrogen and oxygen atoms in total. The zero-order valence-electron chi connectivity index (χ0n) is 10.4. The van der Waals surface area contributed by atoms with E-state index in [2.05, 4.69) is 31.2 Å². The Bertz CT molecular complexity index is 783. The summed E-state index contributed by atoms with van der Waals surface area (Å²) >= 11 is 3.28. The Morgan fingerprint density at radius 3 is 2.75 bits per heavy atom. The first-order valence-corrected chi connectivity index (χ1v) is 6.81. The van der Waals surface area contributed by atoms with Gasteiger partial charge in [0.05, 0.1) is 5.52 Å². The first-order chi connectivity index (χ1) is 9.74. The van der Waals surface area contributed by atoms with Gasteiger partial charge in [-0.05, 0) is 46.3 Å². The van der Waals surface area contributed by atoms with Gasteiger partial charge in [-0.15, -0.1) is 0 Å². The van der Waals surface area contributed by atoms with Crippen molar-refractivity contribution in [2.45, 2.75) is 0 Å². The van der Waals surface area contributed by atoms with Crippen LogP contribution in [0.3, 0.4) is 0 Å². The molecule has 1 aromatic carbocycles. The van der Waals surface area contributed by atoms with Crippen molar-refractivity contribution in [2.75, 3.05) is 5.32 Å². The summed E-state index contributed by atoms with van der Waals surface area (Å²) in [6.45, 7) is 0. The third-order valence-electron chi connectivity index (χ3n) is 2.85. The summed E-state index contributed by atoms with van der Waals surface area (Å²) in [7, 11) is 0. The maximum atomic E-state index is 12.3. The molecule has 0 saturated carbocycles. The van der Waals surface area contributed by atoms with Crippen molar-refractivity contribution in [2.24, 2.45) is 0 Å². The van der Waals surface area contributed by atoms with Gasteiger partial charge < -0.3 is 5.32 Å². The molecule has 0 unspecified atom stereocenters. The number of rotatable bonds is 2. The van der Waals surface area contributed by atoms with Crippen LogP contribution in [-0.4, -0.2) is 15.9 Å². The summed E-state index contributed by atoms with van der Waals surface area (Å²) in [4.78, 5) is 20.8. The summed E-state index contributed by atoms with van der Waals surface area (Å²) in [6, 6.07) is 14.5. The summed E-state index contributed by atoms with van der Waals surface area (Å²) in [5, 5.41) is 3.61. The number of nitrogens with one attached hydrogen (secondary N) is 1. The van der Waals surface area contributed by atoms with Crippen LogP contribution in [0.1, 0.15) is 10.4 Å². The lowest BCUT2D eigenvalue weighted by Crippen LogP contribution is -2.13. The Kier molecular flexibility index (Phi) is 3.43. The third-order valence-corrected chi connectivity index (χ3v) is 3.29. The molecule has 2 aromatic heterocycles. The highest BCUT2D eigenvalue weighted by Crippen LogP contribution is 2.18. The third kappa shape index (κ3) is 2.53. The minimum absolute atomic E-state index is 0.200. The first kappa shape index (κ1) is 12.7. The molecule has 98 valence electrons. The average Bonchev–Trinajstić information content (AvgIpc) is 2.46. The van der Waals surface area contributed by atoms with Gasteiger partial charge in [0, 0.05) is 17.1 Å². The average molecular weight is 328 g/mol. The number of carbonyl (C=O) groups is 1. The Morgan fingerprint density at radius 2 is 1.90 bits per heavy atom. The number of amides is 1. The van der Waals surface area contributed by atoms with Crippen LogP contribution in [0.4, 0.5) is 5.82 Å². The fraction of sp³-hybridized carbons (Fsp3) is 0. The number of aromatic nitrogens is 2. The quantitative estimate of drug-likeness (QED) is 0.731. The Hall–Kier alpha value is -2.27. The van der Waals surface area contributed by atoms with E-state index in [9.17, 15) is 4.79 Å². The predicted octanol–water partition coefficient (Wildman–Crippen LogP) is 3.64. The number of pyridine rings is 2. The number of carbonyl (C=O) groups excluding carboxylic acids is 1. The molecule has 3 aromatic rings. The lowest BCUT2D eigenvalue weighted by molar-refractivity contribution is 0.102. The van der Waals surface area contributed by atoms with Crippen LogP contribution in [0, 0.1) is 0 Å². The van der Waals surface area contributed by atoms with Crippen LogP contribution in [0.5, 0.6) is 0 Å². The number of nitrogens with zero attached hydrogens (tertiary/aromatic N) is 2. The summed E-state index contributed by atoms with van der Waals surface area (Å²) < 4.78 is 0.676. The minimum atomic E-state index is -0.200. The van der Waals surface area contributed by atoms with Crippen molar-refractivity contribution >= 4 is 38.6 Å². The zero-order valence-corrected chi connectivity index (χ0v) is 12.0. The lowest BCUT2D eigenvalue weighted by Gasteiger charge is -2.07. The van der Waals surface area contributed by atoms with Crippen LogP contribution >= 0.6 is 15.9 Å². The number of anilines is 1. The van der Waals surface area contributed by atoms with Gasteiger partial charge in [-0.1, -0.05) is 18.2 Å². The molecule has 0 fully saturated rings. The number of benzene rings is 1. The molecule has 20 heavy (non-hydrogen) atoms. The van der Waals surface area contributed by atoms with Crippen LogP contribution in [0.2, 0.25) is 0 Å². The standard InChI is InChI=1S/C15H10BrN3O/c16-13-7-2-8-14(18-13)19-15(20)11-4-1-6-12-10(11)5-3-9-17-12/h1-9H,(H,18,19,20). The van der Waals surface area contributed by atoms with E-state index in [4.69, 9.17) is 0 Å². The van der Waals surface area contributed by atoms with E-state index in [1.165, 1.54) is 0 Å². The van der Waals surface area contributed by atoms with E-state index in [0.29, 0.717) is 16.0 Å². The van der Waals surface area contributed by atoms with Crippen molar-refractivity contribution < 1.29 is 4.79 Å². The van der Waals surface area contributed by atoms with E-state index < -0.39 is 0 Å². The predicted molar refractivity (Wildman–Crippen MR) is 81.6 cm³/mol. The van der Waals surface area contributed by atoms with E-state index in [1.54, 1.807) is 24.4 Å². The van der Waals surface area contributed by atoms with Crippen LogP contribution in [0.15, 0.2) is 59.3 Å². The van der Waals surface area contributed by atoms with Gasteiger partial charge in [-0.25, -0.2) is 4.98 Å². The van der Waals surface area contributed by atoms with Crippen LogP contribution < -0.4 is 5.32 Å². The Balaban J connectivity index is 1.97. The summed E-state index contributed by atoms with van der Waals surface area (Å²) in [6.07, 6.45) is 1.71. The molecule has 0 aliphatic rings. The highest BCUT2D eigenvalue weighted by molar-refractivity contribution is 9.10. The lowest BCUT2D eigenvalue weighted by atomic mass is 10.1. The SMILES string of the molecule is O=C(Nc1cccc(Br)n1)c1cccc2ncccc12. The van der Waals surface area contributed by atoms with Gasteiger partial charge >= 0.3 is 0 Å². The fourth-order valence-corrected chi connectivity index (χ4v) is 2.31. The van der Waals surface area contributed by atoms with E-state index in [-0.39, 0.29) is 5.91 Å². The molecular formula is C15H10BrN3O. The summed E-state index contributed by atoms with van der Waals surface area (Å²) in [5.74, 6) is 0.305. The normalized spacial score (nSPS) is 10.4. The van der Waals surface area contributed by atoms with Gasteiger partial charge in [0.1, 0.15) is 10.4 Å². The second-order valence-electron chi connectivity index (χ2n) is 4.18. The van der Waals surface area contributed by atoms with Gasteiger partial charge in [0.2, 0.25) is 0 Å². The van der Waals surface area contributed by atoms with Crippen molar-refractivity contribution in [3.8, 4) is 0 Å². The largest absolute Gasteiger partial charge is 0.307 e. The van der Waals surface area contributed by atoms with Crippen LogP contribution in [0.25, 0.3) is 10.9 Å². The van der Waals surface area contributed by atoms with E-state index >= 15 is 0 Å². The molecule has 0 atom stereocenters. The monoisotopic (exact) mass is 327 g/mol. The molecule has 2 heterocycles. The number of hydrogen-bond donors (Lipinski definition) is 1. The Labute approximate surface area is 124 Å². The smallest absolute Gasteiger partial charge is 0.257 e. The van der Waals surface area contributed by atoms with Gasteiger partial charge in [-0.3, -0.25) is 9.78 Å². The Morgan fingerprint density at radius 1 is 1.05 bits per heavy atom. The van der Waals surface area contributed by atoms with Crippen molar-refractivity contribution in [1.82, 2.24) is 9.97 Å². The van der Waals surface area contributed by atoms with Gasteiger partial charge in [0.25, 0.3) is 5.91 Å². The molecule has 0 radical (unpaired) electrons. The van der Waals surface area contributed by atoms with Crippen molar-refractivity contribution in [3.05, 3.63) is 64.9 Å². The molecule has 0 spiro atoms. The molecular weight excluding hydrogens is 318 g/mol. The van der Waals surface area contributed by atoms with Crippen LogP contribution in [-0.2, 0) is 0 Å². The topological polar surface area (TPSA) is 54.9 Å². The number of halogens is 1. The van der Waals surface area contributed by atoms with E-state index in [1.807, 2.05) is 30.3 Å². The fourth-order valence-electron chi connectivity index (χ4n) is 1.96. The highest BCUT2D eigenvalue weighted by Gasteiger charge is 2.10. The summed E-state index contributed by atoms with van der Waals surface area (Å²) in [5.41, 5.74) is 1.37. The zero-order chi connectivity index (χ0) is 13.9. The highest BCUT2D eigenvalue weighted by atomic mass is 79.9. The molecule has 0 saturated heterocycles. The minimum Gasteiger partial charge on any atom is -0.307 e. The maximum absolute atomic E-state index is 12.3.